The van der Waals surface area contributed by atoms with E-state index >= 15 is 0 Å². The van der Waals surface area contributed by atoms with Crippen molar-refractivity contribution in [2.45, 2.75) is 0 Å². The Hall–Kier alpha value is -2.99. The van der Waals surface area contributed by atoms with Crippen molar-refractivity contribution in [1.29, 1.82) is 0 Å². The van der Waals surface area contributed by atoms with Crippen LogP contribution in [0.2, 0.25) is 5.02 Å². The topological polar surface area (TPSA) is 83.0 Å². The summed E-state index contributed by atoms with van der Waals surface area (Å²) in [6, 6.07) is 14.3. The highest BCUT2D eigenvalue weighted by Gasteiger charge is 2.10. The van der Waals surface area contributed by atoms with E-state index in [1.54, 1.807) is 36.5 Å². The summed E-state index contributed by atoms with van der Waals surface area (Å²) < 4.78 is 0. The van der Waals surface area contributed by atoms with Crippen molar-refractivity contribution >= 4 is 23.7 Å². The Morgan fingerprint density at radius 1 is 1.22 bits per heavy atom. The second-order valence-electron chi connectivity index (χ2n) is 4.63. The molecule has 6 nitrogen and oxygen atoms in total. The lowest BCUT2D eigenvalue weighted by Gasteiger charge is -1.96. The highest BCUT2D eigenvalue weighted by atomic mass is 35.5. The first kappa shape index (κ1) is 14.9. The summed E-state index contributed by atoms with van der Waals surface area (Å²) in [6.07, 6.45) is 3.12. The van der Waals surface area contributed by atoms with E-state index in [-0.39, 0.29) is 5.91 Å². The second-order valence-corrected chi connectivity index (χ2v) is 5.06. The molecule has 0 radical (unpaired) electrons. The summed E-state index contributed by atoms with van der Waals surface area (Å²) in [4.78, 5) is 16.1. The summed E-state index contributed by atoms with van der Waals surface area (Å²) in [5, 5.41) is 11.3. The maximum atomic E-state index is 12.0. The predicted molar refractivity (Wildman–Crippen MR) is 88.3 cm³/mol. The van der Waals surface area contributed by atoms with Crippen LogP contribution in [0, 0.1) is 0 Å². The predicted octanol–water partition coefficient (Wildman–Crippen LogP) is 2.89. The molecule has 0 atom stereocenters. The van der Waals surface area contributed by atoms with E-state index in [1.807, 2.05) is 18.2 Å². The number of amides is 1. The minimum Gasteiger partial charge on any atom is -0.272 e. The van der Waals surface area contributed by atoms with Gasteiger partial charge in [-0.25, -0.2) is 5.43 Å². The quantitative estimate of drug-likeness (QED) is 0.571. The maximum absolute atomic E-state index is 12.0. The largest absolute Gasteiger partial charge is 0.289 e. The number of nitrogens with one attached hydrogen (secondary N) is 2. The molecule has 23 heavy (non-hydrogen) atoms. The third kappa shape index (κ3) is 3.81. The molecule has 0 aliphatic rings. The smallest absolute Gasteiger partial charge is 0.272 e. The third-order valence-corrected chi connectivity index (χ3v) is 3.27. The standard InChI is InChI=1S/C16H12ClN5O/c17-12-6-4-11(5-7-12)14-9-15(21-20-14)16(23)22-19-10-13-3-1-2-8-18-13/h1-10H,(H,20,21)(H,22,23)/b19-10+. The Balaban J connectivity index is 1.67. The Labute approximate surface area is 137 Å². The lowest BCUT2D eigenvalue weighted by Crippen LogP contribution is -2.18. The number of hydrogen-bond donors (Lipinski definition) is 2. The average Bonchev–Trinajstić information content (AvgIpc) is 3.06. The van der Waals surface area contributed by atoms with Gasteiger partial charge in [0.25, 0.3) is 5.91 Å². The molecule has 1 amide bonds. The molecule has 0 aliphatic heterocycles. The van der Waals surface area contributed by atoms with Crippen LogP contribution in [0.15, 0.2) is 59.8 Å². The number of nitrogens with zero attached hydrogens (tertiary/aromatic N) is 3. The molecule has 0 unspecified atom stereocenters. The van der Waals surface area contributed by atoms with Gasteiger partial charge in [0.15, 0.2) is 0 Å². The number of rotatable bonds is 4. The van der Waals surface area contributed by atoms with Crippen LogP contribution in [-0.2, 0) is 0 Å². The molecule has 2 aromatic heterocycles. The normalized spacial score (nSPS) is 10.8. The third-order valence-electron chi connectivity index (χ3n) is 3.01. The molecule has 0 spiro atoms. The molecule has 0 bridgehead atoms. The van der Waals surface area contributed by atoms with Crippen LogP contribution >= 0.6 is 11.6 Å². The molecule has 0 aliphatic carbocycles. The fraction of sp³-hybridized carbons (Fsp3) is 0. The Morgan fingerprint density at radius 2 is 2.04 bits per heavy atom. The molecule has 2 heterocycles. The van der Waals surface area contributed by atoms with Crippen LogP contribution in [0.1, 0.15) is 16.2 Å². The summed E-state index contributed by atoms with van der Waals surface area (Å²) in [7, 11) is 0. The van der Waals surface area contributed by atoms with Gasteiger partial charge in [-0.2, -0.15) is 10.2 Å². The molecule has 3 aromatic rings. The first-order valence-corrected chi connectivity index (χ1v) is 7.16. The van der Waals surface area contributed by atoms with Crippen LogP contribution in [0.3, 0.4) is 0 Å². The van der Waals surface area contributed by atoms with Gasteiger partial charge in [0.2, 0.25) is 0 Å². The number of benzene rings is 1. The van der Waals surface area contributed by atoms with Crippen molar-refractivity contribution in [3.05, 3.63) is 71.1 Å². The van der Waals surface area contributed by atoms with Crippen LogP contribution in [0.4, 0.5) is 0 Å². The number of aromatic amines is 1. The Morgan fingerprint density at radius 3 is 2.78 bits per heavy atom. The van der Waals surface area contributed by atoms with Crippen molar-refractivity contribution < 1.29 is 4.79 Å². The number of carbonyl (C=O) groups is 1. The maximum Gasteiger partial charge on any atom is 0.289 e. The van der Waals surface area contributed by atoms with Crippen molar-refractivity contribution in [2.75, 3.05) is 0 Å². The molecular weight excluding hydrogens is 314 g/mol. The molecule has 3 rings (SSSR count). The molecule has 0 saturated heterocycles. The number of aromatic nitrogens is 3. The van der Waals surface area contributed by atoms with E-state index in [2.05, 4.69) is 25.7 Å². The van der Waals surface area contributed by atoms with Crippen molar-refractivity contribution in [1.82, 2.24) is 20.6 Å². The van der Waals surface area contributed by atoms with Gasteiger partial charge in [0, 0.05) is 16.8 Å². The van der Waals surface area contributed by atoms with Gasteiger partial charge in [-0.05, 0) is 30.3 Å². The minimum absolute atomic E-state index is 0.313. The monoisotopic (exact) mass is 325 g/mol. The zero-order valence-corrected chi connectivity index (χ0v) is 12.7. The molecule has 0 saturated carbocycles. The van der Waals surface area contributed by atoms with Crippen LogP contribution < -0.4 is 5.43 Å². The molecule has 2 N–H and O–H groups in total. The van der Waals surface area contributed by atoms with E-state index in [0.29, 0.717) is 22.1 Å². The number of pyridine rings is 1. The SMILES string of the molecule is O=C(N/N=C/c1ccccn1)c1cc(-c2ccc(Cl)cc2)n[nH]1. The fourth-order valence-electron chi connectivity index (χ4n) is 1.88. The minimum atomic E-state index is -0.384. The number of halogens is 1. The van der Waals surface area contributed by atoms with Crippen LogP contribution in [0.25, 0.3) is 11.3 Å². The average molecular weight is 326 g/mol. The summed E-state index contributed by atoms with van der Waals surface area (Å²) in [5.74, 6) is -0.384. The number of hydrogen-bond acceptors (Lipinski definition) is 4. The van der Waals surface area contributed by atoms with Gasteiger partial charge in [-0.3, -0.25) is 14.9 Å². The van der Waals surface area contributed by atoms with Crippen molar-refractivity contribution in [3.63, 3.8) is 0 Å². The molecule has 1 aromatic carbocycles. The Bertz CT molecular complexity index is 827. The number of H-pyrrole nitrogens is 1. The fourth-order valence-corrected chi connectivity index (χ4v) is 2.00. The molecule has 7 heteroatoms. The van der Waals surface area contributed by atoms with E-state index in [4.69, 9.17) is 11.6 Å². The Kier molecular flexibility index (Phi) is 4.44. The highest BCUT2D eigenvalue weighted by molar-refractivity contribution is 6.30. The van der Waals surface area contributed by atoms with Crippen LogP contribution in [-0.4, -0.2) is 27.3 Å². The molecule has 114 valence electrons. The van der Waals surface area contributed by atoms with Gasteiger partial charge >= 0.3 is 0 Å². The van der Waals surface area contributed by atoms with Crippen molar-refractivity contribution in [3.8, 4) is 11.3 Å². The van der Waals surface area contributed by atoms with Gasteiger partial charge in [-0.15, -0.1) is 0 Å². The second kappa shape index (κ2) is 6.85. The number of carbonyl (C=O) groups excluding carboxylic acids is 1. The van der Waals surface area contributed by atoms with Gasteiger partial charge in [0.05, 0.1) is 17.6 Å². The zero-order chi connectivity index (χ0) is 16.1. The molecule has 0 fully saturated rings. The first-order chi connectivity index (χ1) is 11.2. The van der Waals surface area contributed by atoms with Gasteiger partial charge in [0.1, 0.15) is 5.69 Å². The summed E-state index contributed by atoms with van der Waals surface area (Å²) >= 11 is 5.85. The highest BCUT2D eigenvalue weighted by Crippen LogP contribution is 2.20. The van der Waals surface area contributed by atoms with E-state index in [9.17, 15) is 4.79 Å². The lowest BCUT2D eigenvalue weighted by molar-refractivity contribution is 0.0950. The summed E-state index contributed by atoms with van der Waals surface area (Å²) in [6.45, 7) is 0. The summed E-state index contributed by atoms with van der Waals surface area (Å²) in [5.41, 5.74) is 4.90. The van der Waals surface area contributed by atoms with E-state index in [1.165, 1.54) is 6.21 Å². The van der Waals surface area contributed by atoms with E-state index < -0.39 is 0 Å². The zero-order valence-electron chi connectivity index (χ0n) is 11.9. The van der Waals surface area contributed by atoms with Crippen LogP contribution in [0.5, 0.6) is 0 Å². The molecular formula is C16H12ClN5O. The first-order valence-electron chi connectivity index (χ1n) is 6.78. The van der Waals surface area contributed by atoms with Crippen molar-refractivity contribution in [2.24, 2.45) is 5.10 Å². The van der Waals surface area contributed by atoms with E-state index in [0.717, 1.165) is 5.56 Å². The van der Waals surface area contributed by atoms with Gasteiger partial charge in [-0.1, -0.05) is 29.8 Å². The lowest BCUT2D eigenvalue weighted by atomic mass is 10.1. The number of hydrazone groups is 1. The van der Waals surface area contributed by atoms with Gasteiger partial charge < -0.3 is 0 Å².